The predicted octanol–water partition coefficient (Wildman–Crippen LogP) is 3.85. The molecule has 98 valence electrons. The van der Waals surface area contributed by atoms with Gasteiger partial charge in [-0.15, -0.1) is 0 Å². The van der Waals surface area contributed by atoms with Gasteiger partial charge in [-0.1, -0.05) is 22.0 Å². The largest absolute Gasteiger partial charge is 0.453 e. The molecule has 3 nitrogen and oxygen atoms in total. The molecule has 18 heavy (non-hydrogen) atoms. The number of halogens is 1. The SMILES string of the molecule is COCCCC1(c2cc(Br)ccc2C)OC=CO1. The van der Waals surface area contributed by atoms with Gasteiger partial charge in [-0.25, -0.2) is 0 Å². The number of rotatable bonds is 5. The molecule has 0 radical (unpaired) electrons. The van der Waals surface area contributed by atoms with Crippen molar-refractivity contribution < 1.29 is 14.2 Å². The maximum absolute atomic E-state index is 5.73. The molecule has 0 unspecified atom stereocenters. The van der Waals surface area contributed by atoms with E-state index in [2.05, 4.69) is 35.0 Å². The third-order valence-corrected chi connectivity index (χ3v) is 3.53. The van der Waals surface area contributed by atoms with Gasteiger partial charge in [0.15, 0.2) is 0 Å². The van der Waals surface area contributed by atoms with Crippen LogP contribution in [0, 0.1) is 6.92 Å². The fourth-order valence-corrected chi connectivity index (χ4v) is 2.50. The molecular formula is C14H17BrO3. The first-order chi connectivity index (χ1) is 8.68. The van der Waals surface area contributed by atoms with Crippen LogP contribution in [-0.2, 0) is 20.0 Å². The molecule has 1 aliphatic rings. The standard InChI is InChI=1S/C14H17BrO3/c1-11-4-5-12(15)10-13(11)14(6-3-7-16-2)17-8-9-18-14/h4-5,8-10H,3,6-7H2,1-2H3. The van der Waals surface area contributed by atoms with Gasteiger partial charge in [0, 0.05) is 30.2 Å². The van der Waals surface area contributed by atoms with Gasteiger partial charge in [0.05, 0.1) is 0 Å². The molecule has 0 fully saturated rings. The Morgan fingerprint density at radius 3 is 2.67 bits per heavy atom. The lowest BCUT2D eigenvalue weighted by Crippen LogP contribution is -2.28. The molecule has 4 heteroatoms. The average Bonchev–Trinajstić information content (AvgIpc) is 2.82. The normalized spacial score (nSPS) is 16.4. The van der Waals surface area contributed by atoms with E-state index >= 15 is 0 Å². The van der Waals surface area contributed by atoms with E-state index in [1.54, 1.807) is 19.6 Å². The highest BCUT2D eigenvalue weighted by Crippen LogP contribution is 2.39. The Hall–Kier alpha value is -1.00. The Kier molecular flexibility index (Phi) is 4.30. The van der Waals surface area contributed by atoms with Gasteiger partial charge in [-0.2, -0.15) is 0 Å². The summed E-state index contributed by atoms with van der Waals surface area (Å²) in [6.45, 7) is 2.76. The van der Waals surface area contributed by atoms with E-state index in [9.17, 15) is 0 Å². The predicted molar refractivity (Wildman–Crippen MR) is 73.0 cm³/mol. The van der Waals surface area contributed by atoms with Crippen LogP contribution in [0.1, 0.15) is 24.0 Å². The van der Waals surface area contributed by atoms with Crippen molar-refractivity contribution in [3.63, 3.8) is 0 Å². The van der Waals surface area contributed by atoms with Crippen LogP contribution in [-0.4, -0.2) is 13.7 Å². The Labute approximate surface area is 116 Å². The first-order valence-electron chi connectivity index (χ1n) is 5.94. The van der Waals surface area contributed by atoms with E-state index in [0.717, 1.165) is 28.4 Å². The zero-order valence-corrected chi connectivity index (χ0v) is 12.2. The molecule has 0 spiro atoms. The minimum absolute atomic E-state index is 0.696. The summed E-state index contributed by atoms with van der Waals surface area (Å²) in [5.41, 5.74) is 2.21. The number of aryl methyl sites for hydroxylation is 1. The van der Waals surface area contributed by atoms with Gasteiger partial charge < -0.3 is 14.2 Å². The number of benzene rings is 1. The summed E-state index contributed by atoms with van der Waals surface area (Å²) in [6.07, 6.45) is 4.84. The summed E-state index contributed by atoms with van der Waals surface area (Å²) in [5.74, 6) is -0.702. The maximum atomic E-state index is 5.73. The number of hydrogen-bond donors (Lipinski definition) is 0. The van der Waals surface area contributed by atoms with E-state index in [1.807, 2.05) is 6.07 Å². The summed E-state index contributed by atoms with van der Waals surface area (Å²) in [7, 11) is 1.70. The molecule has 1 heterocycles. The summed E-state index contributed by atoms with van der Waals surface area (Å²) in [4.78, 5) is 0. The van der Waals surface area contributed by atoms with Crippen LogP contribution >= 0.6 is 15.9 Å². The molecular weight excluding hydrogens is 296 g/mol. The smallest absolute Gasteiger partial charge is 0.277 e. The highest BCUT2D eigenvalue weighted by molar-refractivity contribution is 9.10. The zero-order valence-electron chi connectivity index (χ0n) is 10.6. The topological polar surface area (TPSA) is 27.7 Å². The highest BCUT2D eigenvalue weighted by Gasteiger charge is 2.38. The van der Waals surface area contributed by atoms with Crippen molar-refractivity contribution >= 4 is 15.9 Å². The van der Waals surface area contributed by atoms with Crippen molar-refractivity contribution in [2.75, 3.05) is 13.7 Å². The monoisotopic (exact) mass is 312 g/mol. The maximum Gasteiger partial charge on any atom is 0.277 e. The Morgan fingerprint density at radius 1 is 1.28 bits per heavy atom. The van der Waals surface area contributed by atoms with Crippen LogP contribution in [0.15, 0.2) is 35.2 Å². The Balaban J connectivity index is 2.26. The van der Waals surface area contributed by atoms with Crippen molar-refractivity contribution in [1.29, 1.82) is 0 Å². The number of methoxy groups -OCH3 is 1. The first-order valence-corrected chi connectivity index (χ1v) is 6.73. The minimum Gasteiger partial charge on any atom is -0.453 e. The second kappa shape index (κ2) is 5.76. The van der Waals surface area contributed by atoms with Crippen LogP contribution in [0.2, 0.25) is 0 Å². The summed E-state index contributed by atoms with van der Waals surface area (Å²) >= 11 is 3.49. The van der Waals surface area contributed by atoms with Gasteiger partial charge >= 0.3 is 0 Å². The van der Waals surface area contributed by atoms with Gasteiger partial charge in [0.25, 0.3) is 5.79 Å². The van der Waals surface area contributed by atoms with E-state index in [1.165, 1.54) is 0 Å². The molecule has 0 saturated heterocycles. The van der Waals surface area contributed by atoms with Crippen molar-refractivity contribution in [3.8, 4) is 0 Å². The lowest BCUT2D eigenvalue weighted by Gasteiger charge is -2.29. The fraction of sp³-hybridized carbons (Fsp3) is 0.429. The third kappa shape index (κ3) is 2.70. The zero-order chi connectivity index (χ0) is 13.0. The van der Waals surface area contributed by atoms with Gasteiger partial charge in [-0.3, -0.25) is 0 Å². The minimum atomic E-state index is -0.702. The highest BCUT2D eigenvalue weighted by atomic mass is 79.9. The molecule has 0 amide bonds. The van der Waals surface area contributed by atoms with Crippen LogP contribution < -0.4 is 0 Å². The molecule has 0 aliphatic carbocycles. The molecule has 0 bridgehead atoms. The van der Waals surface area contributed by atoms with Crippen LogP contribution in [0.3, 0.4) is 0 Å². The molecule has 0 saturated carbocycles. The molecule has 0 atom stereocenters. The molecule has 0 N–H and O–H groups in total. The van der Waals surface area contributed by atoms with Gasteiger partial charge in [0.1, 0.15) is 12.5 Å². The van der Waals surface area contributed by atoms with Crippen LogP contribution in [0.4, 0.5) is 0 Å². The second-order valence-electron chi connectivity index (χ2n) is 4.32. The molecule has 2 rings (SSSR count). The van der Waals surface area contributed by atoms with Gasteiger partial charge in [0.2, 0.25) is 0 Å². The molecule has 1 aromatic rings. The Bertz CT molecular complexity index is 435. The lowest BCUT2D eigenvalue weighted by molar-refractivity contribution is -0.158. The quantitative estimate of drug-likeness (QED) is 0.773. The molecule has 0 aromatic heterocycles. The van der Waals surface area contributed by atoms with Crippen molar-refractivity contribution in [3.05, 3.63) is 46.3 Å². The second-order valence-corrected chi connectivity index (χ2v) is 5.23. The van der Waals surface area contributed by atoms with E-state index in [4.69, 9.17) is 14.2 Å². The summed E-state index contributed by atoms with van der Waals surface area (Å²) < 4.78 is 17.6. The van der Waals surface area contributed by atoms with Gasteiger partial charge in [-0.05, 0) is 31.0 Å². The summed E-state index contributed by atoms with van der Waals surface area (Å²) in [6, 6.07) is 6.13. The average molecular weight is 313 g/mol. The first kappa shape index (κ1) is 13.4. The summed E-state index contributed by atoms with van der Waals surface area (Å²) in [5, 5.41) is 0. The fourth-order valence-electron chi connectivity index (χ4n) is 2.14. The molecule has 1 aliphatic heterocycles. The van der Waals surface area contributed by atoms with Crippen LogP contribution in [0.25, 0.3) is 0 Å². The number of hydrogen-bond acceptors (Lipinski definition) is 3. The van der Waals surface area contributed by atoms with E-state index < -0.39 is 5.79 Å². The van der Waals surface area contributed by atoms with E-state index in [-0.39, 0.29) is 0 Å². The van der Waals surface area contributed by atoms with Crippen molar-refractivity contribution in [2.45, 2.75) is 25.6 Å². The van der Waals surface area contributed by atoms with Crippen molar-refractivity contribution in [2.24, 2.45) is 0 Å². The number of ether oxygens (including phenoxy) is 3. The third-order valence-electron chi connectivity index (χ3n) is 3.04. The van der Waals surface area contributed by atoms with Crippen molar-refractivity contribution in [1.82, 2.24) is 0 Å². The molecule has 1 aromatic carbocycles. The lowest BCUT2D eigenvalue weighted by atomic mass is 9.96. The van der Waals surface area contributed by atoms with Crippen LogP contribution in [0.5, 0.6) is 0 Å². The van der Waals surface area contributed by atoms with E-state index in [0.29, 0.717) is 6.61 Å². The Morgan fingerprint density at radius 2 is 2.00 bits per heavy atom.